The normalized spacial score (nSPS) is 28.1. The molecule has 1 aromatic rings. The van der Waals surface area contributed by atoms with E-state index in [1.165, 1.54) is 11.3 Å². The van der Waals surface area contributed by atoms with Crippen molar-refractivity contribution in [2.75, 3.05) is 6.54 Å². The summed E-state index contributed by atoms with van der Waals surface area (Å²) in [6, 6.07) is 1.86. The number of nitrogens with one attached hydrogen (secondary N) is 1. The van der Waals surface area contributed by atoms with Crippen molar-refractivity contribution in [3.05, 3.63) is 20.8 Å². The van der Waals surface area contributed by atoms with E-state index >= 15 is 0 Å². The maximum atomic E-state index is 11.9. The number of hydrogen-bond acceptors (Lipinski definition) is 3. The molecule has 18 heavy (non-hydrogen) atoms. The van der Waals surface area contributed by atoms with Gasteiger partial charge in [-0.1, -0.05) is 6.92 Å². The third-order valence-electron chi connectivity index (χ3n) is 3.61. The van der Waals surface area contributed by atoms with E-state index in [2.05, 4.69) is 28.2 Å². The van der Waals surface area contributed by atoms with Crippen molar-refractivity contribution in [1.29, 1.82) is 0 Å². The minimum absolute atomic E-state index is 0.107. The van der Waals surface area contributed by atoms with Crippen LogP contribution in [-0.2, 0) is 0 Å². The summed E-state index contributed by atoms with van der Waals surface area (Å²) in [5.41, 5.74) is -0.716. The van der Waals surface area contributed by atoms with Crippen molar-refractivity contribution < 1.29 is 9.90 Å². The van der Waals surface area contributed by atoms with E-state index in [-0.39, 0.29) is 5.91 Å². The second-order valence-electron chi connectivity index (χ2n) is 5.19. The number of hydrogen-bond donors (Lipinski definition) is 2. The van der Waals surface area contributed by atoms with E-state index in [1.807, 2.05) is 11.4 Å². The third kappa shape index (κ3) is 3.33. The maximum absolute atomic E-state index is 11.9. The van der Waals surface area contributed by atoms with Gasteiger partial charge >= 0.3 is 0 Å². The zero-order valence-electron chi connectivity index (χ0n) is 10.4. The quantitative estimate of drug-likeness (QED) is 0.893. The van der Waals surface area contributed by atoms with Gasteiger partial charge in [0.15, 0.2) is 0 Å². The van der Waals surface area contributed by atoms with Gasteiger partial charge in [0.05, 0.1) is 5.60 Å². The summed E-state index contributed by atoms with van der Waals surface area (Å²) in [4.78, 5) is 12.6. The summed E-state index contributed by atoms with van der Waals surface area (Å²) < 4.78 is 0.814. The average Bonchev–Trinajstić information content (AvgIpc) is 2.77. The Hall–Kier alpha value is -0.390. The van der Waals surface area contributed by atoms with Gasteiger partial charge < -0.3 is 10.4 Å². The minimum atomic E-state index is -0.716. The van der Waals surface area contributed by atoms with Crippen molar-refractivity contribution in [3.8, 4) is 0 Å². The van der Waals surface area contributed by atoms with E-state index < -0.39 is 5.60 Å². The highest BCUT2D eigenvalue weighted by molar-refractivity contribution is 9.10. The summed E-state index contributed by atoms with van der Waals surface area (Å²) in [5.74, 6) is 0.580. The van der Waals surface area contributed by atoms with Gasteiger partial charge in [-0.15, -0.1) is 11.3 Å². The first kappa shape index (κ1) is 14.0. The molecule has 0 spiro atoms. The summed E-state index contributed by atoms with van der Waals surface area (Å²) in [6.07, 6.45) is 3.63. The topological polar surface area (TPSA) is 49.3 Å². The van der Waals surface area contributed by atoms with Crippen molar-refractivity contribution in [1.82, 2.24) is 5.32 Å². The highest BCUT2D eigenvalue weighted by atomic mass is 79.9. The molecule has 1 saturated carbocycles. The molecular weight excluding hydrogens is 314 g/mol. The third-order valence-corrected chi connectivity index (χ3v) is 5.44. The molecule has 1 heterocycles. The van der Waals surface area contributed by atoms with Crippen molar-refractivity contribution >= 4 is 33.2 Å². The number of amides is 1. The summed E-state index contributed by atoms with van der Waals surface area (Å²) >= 11 is 4.74. The minimum Gasteiger partial charge on any atom is -0.388 e. The highest BCUT2D eigenvalue weighted by Crippen LogP contribution is 2.31. The van der Waals surface area contributed by atoms with Crippen LogP contribution in [0.3, 0.4) is 0 Å². The SMILES string of the molecule is CC1CCC(O)(CNC(=O)c2sccc2Br)CC1. The lowest BCUT2D eigenvalue weighted by Gasteiger charge is -2.34. The Balaban J connectivity index is 1.88. The Kier molecular flexibility index (Phi) is 4.45. The van der Waals surface area contributed by atoms with Gasteiger partial charge in [-0.2, -0.15) is 0 Å². The molecule has 0 saturated heterocycles. The number of halogens is 1. The lowest BCUT2D eigenvalue weighted by atomic mass is 9.79. The van der Waals surface area contributed by atoms with Gasteiger partial charge in [0.1, 0.15) is 4.88 Å². The second-order valence-corrected chi connectivity index (χ2v) is 6.96. The fourth-order valence-electron chi connectivity index (χ4n) is 2.26. The summed E-state index contributed by atoms with van der Waals surface area (Å²) in [6.45, 7) is 2.56. The van der Waals surface area contributed by atoms with Crippen LogP contribution >= 0.6 is 27.3 Å². The summed E-state index contributed by atoms with van der Waals surface area (Å²) in [7, 11) is 0. The molecule has 0 unspecified atom stereocenters. The number of aliphatic hydroxyl groups is 1. The van der Waals surface area contributed by atoms with Crippen LogP contribution in [0.1, 0.15) is 42.3 Å². The predicted octanol–water partition coefficient (Wildman–Crippen LogP) is 3.18. The fourth-order valence-corrected chi connectivity index (χ4v) is 3.72. The zero-order chi connectivity index (χ0) is 13.2. The number of carbonyl (C=O) groups excluding carboxylic acids is 1. The molecule has 0 aromatic carbocycles. The molecule has 1 fully saturated rings. The van der Waals surface area contributed by atoms with E-state index in [0.717, 1.165) is 30.2 Å². The number of rotatable bonds is 3. The van der Waals surface area contributed by atoms with Gasteiger partial charge in [-0.3, -0.25) is 4.79 Å². The first-order valence-electron chi connectivity index (χ1n) is 6.24. The Morgan fingerprint density at radius 2 is 2.28 bits per heavy atom. The fraction of sp³-hybridized carbons (Fsp3) is 0.615. The molecule has 2 N–H and O–H groups in total. The van der Waals surface area contributed by atoms with Gasteiger partial charge in [0, 0.05) is 11.0 Å². The number of carbonyl (C=O) groups is 1. The number of thiophene rings is 1. The van der Waals surface area contributed by atoms with Crippen LogP contribution in [0.25, 0.3) is 0 Å². The van der Waals surface area contributed by atoms with E-state index in [0.29, 0.717) is 17.3 Å². The monoisotopic (exact) mass is 331 g/mol. The van der Waals surface area contributed by atoms with Crippen LogP contribution < -0.4 is 5.32 Å². The Morgan fingerprint density at radius 1 is 1.61 bits per heavy atom. The molecule has 0 atom stereocenters. The van der Waals surface area contributed by atoms with E-state index in [1.54, 1.807) is 0 Å². The van der Waals surface area contributed by atoms with Gasteiger partial charge in [0.2, 0.25) is 0 Å². The highest BCUT2D eigenvalue weighted by Gasteiger charge is 2.32. The Labute approximate surface area is 120 Å². The molecule has 0 radical (unpaired) electrons. The molecule has 1 aromatic heterocycles. The largest absolute Gasteiger partial charge is 0.388 e. The first-order valence-corrected chi connectivity index (χ1v) is 7.91. The van der Waals surface area contributed by atoms with Crippen LogP contribution in [0.2, 0.25) is 0 Å². The first-order chi connectivity index (χ1) is 8.50. The van der Waals surface area contributed by atoms with Crippen molar-refractivity contribution in [3.63, 3.8) is 0 Å². The predicted molar refractivity (Wildman–Crippen MR) is 76.9 cm³/mol. The van der Waals surface area contributed by atoms with Crippen LogP contribution in [0.5, 0.6) is 0 Å². The summed E-state index contributed by atoms with van der Waals surface area (Å²) in [5, 5.41) is 15.1. The molecule has 5 heteroatoms. The second kappa shape index (κ2) is 5.72. The molecule has 2 rings (SSSR count). The molecule has 0 bridgehead atoms. The molecule has 3 nitrogen and oxygen atoms in total. The van der Waals surface area contributed by atoms with Crippen LogP contribution in [0.4, 0.5) is 0 Å². The van der Waals surface area contributed by atoms with Crippen molar-refractivity contribution in [2.45, 2.75) is 38.2 Å². The smallest absolute Gasteiger partial charge is 0.262 e. The van der Waals surface area contributed by atoms with Gasteiger partial charge in [-0.25, -0.2) is 0 Å². The molecule has 0 aliphatic heterocycles. The molecule has 1 aliphatic carbocycles. The Bertz CT molecular complexity index is 424. The lowest BCUT2D eigenvalue weighted by Crippen LogP contribution is -2.45. The van der Waals surface area contributed by atoms with Crippen LogP contribution in [0, 0.1) is 5.92 Å². The van der Waals surface area contributed by atoms with E-state index in [9.17, 15) is 9.90 Å². The lowest BCUT2D eigenvalue weighted by molar-refractivity contribution is -0.00537. The van der Waals surface area contributed by atoms with Crippen molar-refractivity contribution in [2.24, 2.45) is 5.92 Å². The van der Waals surface area contributed by atoms with Crippen LogP contribution in [0.15, 0.2) is 15.9 Å². The molecule has 1 aliphatic rings. The standard InChI is InChI=1S/C13H18BrNO2S/c1-9-2-5-13(17,6-3-9)8-15-12(16)11-10(14)4-7-18-11/h4,7,9,17H,2-3,5-6,8H2,1H3,(H,15,16). The maximum Gasteiger partial charge on any atom is 0.262 e. The van der Waals surface area contributed by atoms with E-state index in [4.69, 9.17) is 0 Å². The van der Waals surface area contributed by atoms with Gasteiger partial charge in [-0.05, 0) is 59.0 Å². The zero-order valence-corrected chi connectivity index (χ0v) is 12.8. The average molecular weight is 332 g/mol. The Morgan fingerprint density at radius 3 is 2.83 bits per heavy atom. The van der Waals surface area contributed by atoms with Crippen LogP contribution in [-0.4, -0.2) is 23.2 Å². The molecular formula is C13H18BrNO2S. The molecule has 100 valence electrons. The van der Waals surface area contributed by atoms with Gasteiger partial charge in [0.25, 0.3) is 5.91 Å². The molecule has 1 amide bonds.